The van der Waals surface area contributed by atoms with Crippen molar-refractivity contribution >= 4 is 29.3 Å². The second kappa shape index (κ2) is 9.24. The molecule has 2 heterocycles. The summed E-state index contributed by atoms with van der Waals surface area (Å²) >= 11 is 0. The zero-order valence-electron chi connectivity index (χ0n) is 15.6. The van der Waals surface area contributed by atoms with Crippen LogP contribution < -0.4 is 11.0 Å². The molecule has 1 amide bonds. The zero-order chi connectivity index (χ0) is 17.8. The van der Waals surface area contributed by atoms with Crippen LogP contribution in [-0.2, 0) is 18.4 Å². The SMILES string of the molecule is CCNCC1CCN(C(=O)CCn2c(=O)n(C)c3ccccc32)CC1.Cl. The number of piperidine rings is 1. The Kier molecular flexibility index (Phi) is 7.29. The molecule has 1 aliphatic rings. The van der Waals surface area contributed by atoms with Gasteiger partial charge in [-0.05, 0) is 44.0 Å². The van der Waals surface area contributed by atoms with Crippen LogP contribution in [0.2, 0.25) is 0 Å². The van der Waals surface area contributed by atoms with Crippen molar-refractivity contribution in [2.45, 2.75) is 32.7 Å². The fourth-order valence-corrected chi connectivity index (χ4v) is 3.68. The van der Waals surface area contributed by atoms with Gasteiger partial charge in [-0.3, -0.25) is 13.9 Å². The van der Waals surface area contributed by atoms with Gasteiger partial charge in [0.05, 0.1) is 11.0 Å². The molecule has 0 aliphatic carbocycles. The quantitative estimate of drug-likeness (QED) is 0.833. The average molecular weight is 381 g/mol. The highest BCUT2D eigenvalue weighted by atomic mass is 35.5. The number of para-hydroxylation sites is 2. The summed E-state index contributed by atoms with van der Waals surface area (Å²) in [6, 6.07) is 7.72. The standard InChI is InChI=1S/C19H28N4O2.ClH/c1-3-20-14-15-8-11-22(12-9-15)18(24)10-13-23-17-7-5-4-6-16(17)21(2)19(23)25;/h4-7,15,20H,3,8-14H2,1-2H3;1H. The Morgan fingerprint density at radius 1 is 1.19 bits per heavy atom. The van der Waals surface area contributed by atoms with Gasteiger partial charge in [-0.2, -0.15) is 0 Å². The van der Waals surface area contributed by atoms with Gasteiger partial charge >= 0.3 is 5.69 Å². The van der Waals surface area contributed by atoms with E-state index in [4.69, 9.17) is 0 Å². The highest BCUT2D eigenvalue weighted by Crippen LogP contribution is 2.18. The molecular formula is C19H29ClN4O2. The Balaban J connectivity index is 0.00000243. The lowest BCUT2D eigenvalue weighted by atomic mass is 9.96. The van der Waals surface area contributed by atoms with Crippen molar-refractivity contribution in [3.8, 4) is 0 Å². The van der Waals surface area contributed by atoms with Crippen LogP contribution in [0.1, 0.15) is 26.2 Å². The first-order valence-corrected chi connectivity index (χ1v) is 9.24. The Hall–Kier alpha value is -1.79. The average Bonchev–Trinajstić information content (AvgIpc) is 2.89. The van der Waals surface area contributed by atoms with E-state index in [9.17, 15) is 9.59 Å². The molecule has 1 N–H and O–H groups in total. The van der Waals surface area contributed by atoms with Gasteiger partial charge in [-0.25, -0.2) is 4.79 Å². The van der Waals surface area contributed by atoms with Gasteiger partial charge in [0.2, 0.25) is 5.91 Å². The minimum Gasteiger partial charge on any atom is -0.343 e. The topological polar surface area (TPSA) is 59.3 Å². The predicted octanol–water partition coefficient (Wildman–Crippen LogP) is 2.00. The Bertz CT molecular complexity index is 790. The number of carbonyl (C=O) groups is 1. The molecule has 1 aromatic heterocycles. The lowest BCUT2D eigenvalue weighted by Crippen LogP contribution is -2.41. The molecule has 26 heavy (non-hydrogen) atoms. The molecule has 7 heteroatoms. The number of nitrogens with zero attached hydrogens (tertiary/aromatic N) is 3. The highest BCUT2D eigenvalue weighted by molar-refractivity contribution is 5.85. The summed E-state index contributed by atoms with van der Waals surface area (Å²) in [5.74, 6) is 0.825. The first-order chi connectivity index (χ1) is 12.1. The van der Waals surface area contributed by atoms with E-state index in [1.54, 1.807) is 16.2 Å². The van der Waals surface area contributed by atoms with Crippen LogP contribution >= 0.6 is 12.4 Å². The van der Waals surface area contributed by atoms with Crippen LogP contribution in [0.4, 0.5) is 0 Å². The van der Waals surface area contributed by atoms with Gasteiger partial charge in [0.15, 0.2) is 0 Å². The number of aromatic nitrogens is 2. The van der Waals surface area contributed by atoms with Crippen molar-refractivity contribution in [3.63, 3.8) is 0 Å². The van der Waals surface area contributed by atoms with Crippen molar-refractivity contribution < 1.29 is 4.79 Å². The number of amides is 1. The second-order valence-electron chi connectivity index (χ2n) is 6.86. The third kappa shape index (κ3) is 4.30. The second-order valence-corrected chi connectivity index (χ2v) is 6.86. The molecule has 0 spiro atoms. The maximum Gasteiger partial charge on any atom is 0.328 e. The lowest BCUT2D eigenvalue weighted by molar-refractivity contribution is -0.132. The number of halogens is 1. The summed E-state index contributed by atoms with van der Waals surface area (Å²) in [6.45, 7) is 6.27. The number of carbonyl (C=O) groups excluding carboxylic acids is 1. The maximum atomic E-state index is 12.5. The molecule has 0 atom stereocenters. The minimum absolute atomic E-state index is 0. The van der Waals surface area contributed by atoms with Crippen LogP contribution in [0.5, 0.6) is 0 Å². The number of likely N-dealkylation sites (tertiary alicyclic amines) is 1. The first kappa shape index (κ1) is 20.5. The van der Waals surface area contributed by atoms with Gasteiger partial charge in [-0.1, -0.05) is 19.1 Å². The van der Waals surface area contributed by atoms with Gasteiger partial charge in [0.25, 0.3) is 0 Å². The molecule has 0 saturated carbocycles. The van der Waals surface area contributed by atoms with E-state index in [2.05, 4.69) is 12.2 Å². The monoisotopic (exact) mass is 380 g/mol. The Morgan fingerprint density at radius 2 is 1.85 bits per heavy atom. The molecule has 3 rings (SSSR count). The highest BCUT2D eigenvalue weighted by Gasteiger charge is 2.22. The molecular weight excluding hydrogens is 352 g/mol. The number of hydrogen-bond donors (Lipinski definition) is 1. The van der Waals surface area contributed by atoms with Crippen molar-refractivity contribution in [2.24, 2.45) is 13.0 Å². The van der Waals surface area contributed by atoms with Crippen LogP contribution in [0.15, 0.2) is 29.1 Å². The van der Waals surface area contributed by atoms with E-state index in [-0.39, 0.29) is 24.0 Å². The summed E-state index contributed by atoms with van der Waals surface area (Å²) in [5.41, 5.74) is 1.75. The molecule has 0 radical (unpaired) electrons. The van der Waals surface area contributed by atoms with Crippen molar-refractivity contribution in [1.82, 2.24) is 19.4 Å². The van der Waals surface area contributed by atoms with Crippen LogP contribution in [-0.4, -0.2) is 46.1 Å². The van der Waals surface area contributed by atoms with Crippen molar-refractivity contribution in [1.29, 1.82) is 0 Å². The van der Waals surface area contributed by atoms with E-state index in [0.29, 0.717) is 18.9 Å². The van der Waals surface area contributed by atoms with Gasteiger partial charge in [-0.15, -0.1) is 12.4 Å². The number of benzene rings is 1. The fraction of sp³-hybridized carbons (Fsp3) is 0.579. The van der Waals surface area contributed by atoms with Gasteiger partial charge < -0.3 is 10.2 Å². The zero-order valence-corrected chi connectivity index (χ0v) is 16.4. The number of aryl methyl sites for hydroxylation is 2. The fourth-order valence-electron chi connectivity index (χ4n) is 3.68. The molecule has 144 valence electrons. The third-order valence-corrected chi connectivity index (χ3v) is 5.25. The van der Waals surface area contributed by atoms with Crippen molar-refractivity contribution in [3.05, 3.63) is 34.7 Å². The number of imidazole rings is 1. The molecule has 2 aromatic rings. The summed E-state index contributed by atoms with van der Waals surface area (Å²) in [5, 5.41) is 3.39. The smallest absolute Gasteiger partial charge is 0.328 e. The Labute approximate surface area is 160 Å². The lowest BCUT2D eigenvalue weighted by Gasteiger charge is -2.32. The normalized spacial score (nSPS) is 15.2. The largest absolute Gasteiger partial charge is 0.343 e. The molecule has 6 nitrogen and oxygen atoms in total. The molecule has 1 aliphatic heterocycles. The number of nitrogens with one attached hydrogen (secondary N) is 1. The van der Waals surface area contributed by atoms with Gasteiger partial charge in [0.1, 0.15) is 0 Å². The van der Waals surface area contributed by atoms with Gasteiger partial charge in [0, 0.05) is 33.1 Å². The summed E-state index contributed by atoms with van der Waals surface area (Å²) in [7, 11) is 1.78. The van der Waals surface area contributed by atoms with Crippen LogP contribution in [0.3, 0.4) is 0 Å². The Morgan fingerprint density at radius 3 is 2.50 bits per heavy atom. The predicted molar refractivity (Wildman–Crippen MR) is 107 cm³/mol. The third-order valence-electron chi connectivity index (χ3n) is 5.25. The van der Waals surface area contributed by atoms with Crippen LogP contribution in [0, 0.1) is 5.92 Å². The number of hydrogen-bond acceptors (Lipinski definition) is 3. The number of rotatable bonds is 6. The van der Waals surface area contributed by atoms with E-state index in [1.165, 1.54) is 0 Å². The molecule has 1 fully saturated rings. The summed E-state index contributed by atoms with van der Waals surface area (Å²) in [6.07, 6.45) is 2.51. The first-order valence-electron chi connectivity index (χ1n) is 9.24. The summed E-state index contributed by atoms with van der Waals surface area (Å²) in [4.78, 5) is 26.9. The molecule has 0 bridgehead atoms. The van der Waals surface area contributed by atoms with Crippen molar-refractivity contribution in [2.75, 3.05) is 26.2 Å². The summed E-state index contributed by atoms with van der Waals surface area (Å²) < 4.78 is 3.36. The van der Waals surface area contributed by atoms with E-state index in [1.807, 2.05) is 29.2 Å². The minimum atomic E-state index is -0.0571. The van der Waals surface area contributed by atoms with E-state index < -0.39 is 0 Å². The van der Waals surface area contributed by atoms with E-state index >= 15 is 0 Å². The number of fused-ring (bicyclic) bond motifs is 1. The molecule has 1 aromatic carbocycles. The van der Waals surface area contributed by atoms with E-state index in [0.717, 1.165) is 50.1 Å². The molecule has 0 unspecified atom stereocenters. The van der Waals surface area contributed by atoms with Crippen LogP contribution in [0.25, 0.3) is 11.0 Å². The molecule has 1 saturated heterocycles. The maximum absolute atomic E-state index is 12.5.